The average molecular weight is 171 g/mol. The Labute approximate surface area is 71.5 Å². The average Bonchev–Trinajstić information content (AvgIpc) is 2.48. The third-order valence-corrected chi connectivity index (χ3v) is 1.75. The number of nitrogens with zero attached hydrogens (tertiary/aromatic N) is 1. The SMILES string of the molecule is CC(O)c1[nH]cc[n+]1CCCO. The number of aromatic nitrogens is 2. The fourth-order valence-electron chi connectivity index (χ4n) is 1.17. The van der Waals surface area contributed by atoms with E-state index < -0.39 is 6.10 Å². The number of aromatic amines is 1. The van der Waals surface area contributed by atoms with Gasteiger partial charge in [-0.25, -0.2) is 9.55 Å². The van der Waals surface area contributed by atoms with Gasteiger partial charge >= 0.3 is 0 Å². The molecular weight excluding hydrogens is 156 g/mol. The second kappa shape index (κ2) is 4.23. The molecule has 1 unspecified atom stereocenters. The van der Waals surface area contributed by atoms with Gasteiger partial charge in [-0.05, 0) is 6.92 Å². The van der Waals surface area contributed by atoms with Crippen LogP contribution in [-0.2, 0) is 6.54 Å². The number of hydrogen-bond donors (Lipinski definition) is 3. The lowest BCUT2D eigenvalue weighted by molar-refractivity contribution is -0.706. The van der Waals surface area contributed by atoms with E-state index in [9.17, 15) is 5.11 Å². The monoisotopic (exact) mass is 171 g/mol. The van der Waals surface area contributed by atoms with Crippen LogP contribution in [0.15, 0.2) is 12.4 Å². The second-order valence-electron chi connectivity index (χ2n) is 2.79. The van der Waals surface area contributed by atoms with E-state index in [2.05, 4.69) is 4.98 Å². The quantitative estimate of drug-likeness (QED) is 0.546. The Bertz CT molecular complexity index is 233. The molecule has 1 aromatic rings. The Balaban J connectivity index is 2.64. The van der Waals surface area contributed by atoms with Gasteiger partial charge in [0, 0.05) is 13.0 Å². The van der Waals surface area contributed by atoms with Crippen molar-refractivity contribution in [3.05, 3.63) is 18.2 Å². The Morgan fingerprint density at radius 3 is 3.00 bits per heavy atom. The summed E-state index contributed by atoms with van der Waals surface area (Å²) >= 11 is 0. The van der Waals surface area contributed by atoms with Crippen molar-refractivity contribution in [2.24, 2.45) is 0 Å². The lowest BCUT2D eigenvalue weighted by atomic mass is 10.3. The summed E-state index contributed by atoms with van der Waals surface area (Å²) in [5.74, 6) is 0.781. The van der Waals surface area contributed by atoms with Gasteiger partial charge in [0.15, 0.2) is 6.10 Å². The Hall–Kier alpha value is -0.870. The third-order valence-electron chi connectivity index (χ3n) is 1.75. The van der Waals surface area contributed by atoms with Crippen molar-refractivity contribution < 1.29 is 14.8 Å². The molecule has 1 rings (SSSR count). The zero-order valence-corrected chi connectivity index (χ0v) is 7.20. The van der Waals surface area contributed by atoms with Crippen LogP contribution in [0.4, 0.5) is 0 Å². The molecule has 0 spiro atoms. The lowest BCUT2D eigenvalue weighted by Gasteiger charge is -2.00. The van der Waals surface area contributed by atoms with Gasteiger partial charge in [0.25, 0.3) is 5.82 Å². The molecule has 3 N–H and O–H groups in total. The molecule has 0 aliphatic heterocycles. The Morgan fingerprint density at radius 2 is 2.42 bits per heavy atom. The number of aliphatic hydroxyl groups is 2. The van der Waals surface area contributed by atoms with Crippen LogP contribution in [0.2, 0.25) is 0 Å². The maximum atomic E-state index is 9.28. The molecule has 1 heterocycles. The summed E-state index contributed by atoms with van der Waals surface area (Å²) in [4.78, 5) is 2.95. The fourth-order valence-corrected chi connectivity index (χ4v) is 1.17. The van der Waals surface area contributed by atoms with Crippen molar-refractivity contribution in [2.75, 3.05) is 6.61 Å². The van der Waals surface area contributed by atoms with Gasteiger partial charge in [0.05, 0.1) is 6.54 Å². The van der Waals surface area contributed by atoms with E-state index >= 15 is 0 Å². The molecule has 1 atom stereocenters. The van der Waals surface area contributed by atoms with E-state index in [1.165, 1.54) is 0 Å². The Morgan fingerprint density at radius 1 is 1.67 bits per heavy atom. The van der Waals surface area contributed by atoms with Crippen LogP contribution in [0.5, 0.6) is 0 Å². The van der Waals surface area contributed by atoms with Crippen molar-refractivity contribution >= 4 is 0 Å². The topological polar surface area (TPSA) is 60.1 Å². The van der Waals surface area contributed by atoms with Crippen molar-refractivity contribution in [2.45, 2.75) is 26.0 Å². The highest BCUT2D eigenvalue weighted by Gasteiger charge is 2.14. The first kappa shape index (κ1) is 9.22. The molecule has 0 bridgehead atoms. The zero-order chi connectivity index (χ0) is 8.97. The number of nitrogens with one attached hydrogen (secondary N) is 1. The van der Waals surface area contributed by atoms with E-state index in [-0.39, 0.29) is 6.61 Å². The van der Waals surface area contributed by atoms with Crippen LogP contribution in [0.3, 0.4) is 0 Å². The van der Waals surface area contributed by atoms with Gasteiger partial charge in [-0.3, -0.25) is 0 Å². The molecule has 0 aliphatic rings. The highest BCUT2D eigenvalue weighted by Crippen LogP contribution is 2.01. The van der Waals surface area contributed by atoms with Crippen LogP contribution in [0.25, 0.3) is 0 Å². The zero-order valence-electron chi connectivity index (χ0n) is 7.20. The molecule has 1 aromatic heterocycles. The first-order valence-corrected chi connectivity index (χ1v) is 4.11. The Kier molecular flexibility index (Phi) is 3.25. The van der Waals surface area contributed by atoms with Crippen LogP contribution in [0.1, 0.15) is 25.3 Å². The summed E-state index contributed by atoms with van der Waals surface area (Å²) in [6.07, 6.45) is 3.86. The standard InChI is InChI=1S/C8H14N2O2/c1-7(12)8-9-3-5-10(8)4-2-6-11/h3,5,7,11-12H,2,4,6H2,1H3/p+1. The van der Waals surface area contributed by atoms with Crippen LogP contribution < -0.4 is 4.57 Å². The van der Waals surface area contributed by atoms with Crippen LogP contribution in [-0.4, -0.2) is 21.8 Å². The van der Waals surface area contributed by atoms with Gasteiger partial charge in [-0.2, -0.15) is 0 Å². The molecule has 68 valence electrons. The van der Waals surface area contributed by atoms with E-state index in [1.54, 1.807) is 13.1 Å². The molecule has 0 amide bonds. The molecular formula is C8H15N2O2+. The summed E-state index contributed by atoms with van der Waals surface area (Å²) in [6, 6.07) is 0. The van der Waals surface area contributed by atoms with E-state index in [1.807, 2.05) is 10.8 Å². The van der Waals surface area contributed by atoms with Gasteiger partial charge in [-0.15, -0.1) is 0 Å². The summed E-state index contributed by atoms with van der Waals surface area (Å²) < 4.78 is 1.90. The molecule has 4 nitrogen and oxygen atoms in total. The molecule has 0 aliphatic carbocycles. The summed E-state index contributed by atoms with van der Waals surface area (Å²) in [5, 5.41) is 17.9. The first-order chi connectivity index (χ1) is 5.75. The second-order valence-corrected chi connectivity index (χ2v) is 2.79. The molecule has 0 saturated carbocycles. The van der Waals surface area contributed by atoms with Crippen molar-refractivity contribution in [3.8, 4) is 0 Å². The van der Waals surface area contributed by atoms with Gasteiger partial charge < -0.3 is 10.2 Å². The summed E-state index contributed by atoms with van der Waals surface area (Å²) in [7, 11) is 0. The smallest absolute Gasteiger partial charge is 0.283 e. The number of rotatable bonds is 4. The maximum absolute atomic E-state index is 9.28. The normalized spacial score (nSPS) is 13.2. The van der Waals surface area contributed by atoms with Crippen LogP contribution >= 0.6 is 0 Å². The van der Waals surface area contributed by atoms with Crippen LogP contribution in [0, 0.1) is 0 Å². The molecule has 12 heavy (non-hydrogen) atoms. The third kappa shape index (κ3) is 2.06. The van der Waals surface area contributed by atoms with E-state index in [0.717, 1.165) is 12.4 Å². The number of H-pyrrole nitrogens is 1. The van der Waals surface area contributed by atoms with Gasteiger partial charge in [0.1, 0.15) is 12.4 Å². The lowest BCUT2D eigenvalue weighted by Crippen LogP contribution is -2.37. The number of aryl methyl sites for hydroxylation is 1. The molecule has 0 saturated heterocycles. The first-order valence-electron chi connectivity index (χ1n) is 4.11. The number of hydrogen-bond acceptors (Lipinski definition) is 2. The highest BCUT2D eigenvalue weighted by atomic mass is 16.3. The molecule has 0 fully saturated rings. The summed E-state index contributed by atoms with van der Waals surface area (Å²) in [6.45, 7) is 2.62. The predicted octanol–water partition coefficient (Wildman–Crippen LogP) is -0.262. The minimum atomic E-state index is -0.487. The van der Waals surface area contributed by atoms with Crippen molar-refractivity contribution in [3.63, 3.8) is 0 Å². The highest BCUT2D eigenvalue weighted by molar-refractivity contribution is 4.80. The van der Waals surface area contributed by atoms with E-state index in [4.69, 9.17) is 5.11 Å². The minimum Gasteiger partial charge on any atom is -0.396 e. The van der Waals surface area contributed by atoms with Crippen molar-refractivity contribution in [1.82, 2.24) is 4.98 Å². The predicted molar refractivity (Wildman–Crippen MR) is 43.3 cm³/mol. The largest absolute Gasteiger partial charge is 0.396 e. The molecule has 0 aromatic carbocycles. The molecule has 0 radical (unpaired) electrons. The minimum absolute atomic E-state index is 0.178. The molecule has 4 heteroatoms. The summed E-state index contributed by atoms with van der Waals surface area (Å²) in [5.41, 5.74) is 0. The van der Waals surface area contributed by atoms with Gasteiger partial charge in [-0.1, -0.05) is 0 Å². The van der Waals surface area contributed by atoms with Gasteiger partial charge in [0.2, 0.25) is 0 Å². The van der Waals surface area contributed by atoms with Crippen molar-refractivity contribution in [1.29, 1.82) is 0 Å². The van der Waals surface area contributed by atoms with E-state index in [0.29, 0.717) is 6.42 Å². The number of imidazole rings is 1. The fraction of sp³-hybridized carbons (Fsp3) is 0.625. The maximum Gasteiger partial charge on any atom is 0.283 e. The number of aliphatic hydroxyl groups excluding tert-OH is 2.